The maximum Gasteiger partial charge on any atom is 0.253 e. The third kappa shape index (κ3) is 3.24. The second-order valence-electron chi connectivity index (χ2n) is 7.79. The lowest BCUT2D eigenvalue weighted by Crippen LogP contribution is -2.37. The van der Waals surface area contributed by atoms with Crippen LogP contribution >= 0.6 is 0 Å². The zero-order chi connectivity index (χ0) is 20.7. The van der Waals surface area contributed by atoms with E-state index in [-0.39, 0.29) is 5.91 Å². The molecule has 2 aromatic heterocycles. The quantitative estimate of drug-likeness (QED) is 0.531. The van der Waals surface area contributed by atoms with Crippen LogP contribution in [0.2, 0.25) is 0 Å². The van der Waals surface area contributed by atoms with E-state index in [1.807, 2.05) is 55.1 Å². The molecule has 6 heteroatoms. The van der Waals surface area contributed by atoms with Crippen molar-refractivity contribution in [2.75, 3.05) is 6.54 Å². The van der Waals surface area contributed by atoms with Crippen LogP contribution in [0.25, 0.3) is 17.2 Å². The average molecular weight is 397 g/mol. The highest BCUT2D eigenvalue weighted by Gasteiger charge is 2.23. The van der Waals surface area contributed by atoms with E-state index in [0.717, 1.165) is 35.5 Å². The van der Waals surface area contributed by atoms with Crippen LogP contribution in [0.1, 0.15) is 28.1 Å². The van der Waals surface area contributed by atoms with Gasteiger partial charge in [0.2, 0.25) is 5.91 Å². The summed E-state index contributed by atoms with van der Waals surface area (Å²) in [5.41, 5.74) is 6.20. The molecule has 0 aliphatic carbocycles. The van der Waals surface area contributed by atoms with Crippen LogP contribution in [0, 0.1) is 13.8 Å². The molecule has 0 spiro atoms. The number of carbonyl (C=O) groups excluding carboxylic acids is 1. The van der Waals surface area contributed by atoms with Gasteiger partial charge in [0.05, 0.1) is 6.42 Å². The van der Waals surface area contributed by atoms with Crippen LogP contribution in [-0.2, 0) is 24.2 Å². The molecular formula is C24H23N5O. The van der Waals surface area contributed by atoms with Crippen LogP contribution in [0.15, 0.2) is 54.6 Å². The number of rotatable bonds is 3. The van der Waals surface area contributed by atoms with E-state index in [1.165, 1.54) is 11.1 Å². The molecule has 3 heterocycles. The summed E-state index contributed by atoms with van der Waals surface area (Å²) >= 11 is 0. The molecule has 0 atom stereocenters. The molecule has 5 rings (SSSR count). The summed E-state index contributed by atoms with van der Waals surface area (Å²) in [5, 5.41) is 4.65. The number of benzene rings is 2. The molecule has 6 nitrogen and oxygen atoms in total. The minimum Gasteiger partial charge on any atom is -0.338 e. The largest absolute Gasteiger partial charge is 0.338 e. The number of amides is 1. The molecule has 1 aliphatic heterocycles. The van der Waals surface area contributed by atoms with Crippen molar-refractivity contribution in [3.05, 3.63) is 82.7 Å². The fourth-order valence-corrected chi connectivity index (χ4v) is 4.15. The highest BCUT2D eigenvalue weighted by molar-refractivity contribution is 5.79. The highest BCUT2D eigenvalue weighted by Crippen LogP contribution is 2.22. The standard InChI is InChI=1S/C24H23N5O/c1-16-21(14-22(30)28-13-12-18-8-6-7-11-20(18)15-28)17(2)29-24(25-16)26-23(27-29)19-9-4-3-5-10-19/h3-11H,12-15H2,1-2H3. The molecule has 0 saturated carbocycles. The Bertz CT molecular complexity index is 1250. The molecule has 0 fully saturated rings. The Labute approximate surface area is 175 Å². The topological polar surface area (TPSA) is 63.4 Å². The van der Waals surface area contributed by atoms with E-state index < -0.39 is 0 Å². The average Bonchev–Trinajstić information content (AvgIpc) is 3.21. The van der Waals surface area contributed by atoms with Crippen molar-refractivity contribution >= 4 is 11.7 Å². The summed E-state index contributed by atoms with van der Waals surface area (Å²) in [6, 6.07) is 18.2. The Kier molecular flexibility index (Phi) is 4.54. The summed E-state index contributed by atoms with van der Waals surface area (Å²) in [6.07, 6.45) is 1.23. The van der Waals surface area contributed by atoms with E-state index in [0.29, 0.717) is 24.6 Å². The minimum absolute atomic E-state index is 0.125. The Morgan fingerprint density at radius 1 is 0.967 bits per heavy atom. The summed E-state index contributed by atoms with van der Waals surface area (Å²) in [4.78, 5) is 24.3. The van der Waals surface area contributed by atoms with E-state index >= 15 is 0 Å². The molecule has 150 valence electrons. The first-order chi connectivity index (χ1) is 14.6. The molecule has 0 radical (unpaired) electrons. The molecule has 30 heavy (non-hydrogen) atoms. The van der Waals surface area contributed by atoms with Crippen molar-refractivity contribution < 1.29 is 4.79 Å². The number of hydrogen-bond donors (Lipinski definition) is 0. The van der Waals surface area contributed by atoms with Gasteiger partial charge in [0.1, 0.15) is 0 Å². The SMILES string of the molecule is Cc1nc2nc(-c3ccccc3)nn2c(C)c1CC(=O)N1CCc2ccccc2C1. The van der Waals surface area contributed by atoms with Gasteiger partial charge in [-0.05, 0) is 31.4 Å². The van der Waals surface area contributed by atoms with Gasteiger partial charge in [0.15, 0.2) is 5.82 Å². The van der Waals surface area contributed by atoms with Gasteiger partial charge in [-0.25, -0.2) is 9.50 Å². The third-order valence-corrected chi connectivity index (χ3v) is 5.89. The van der Waals surface area contributed by atoms with Crippen molar-refractivity contribution in [3.8, 4) is 11.4 Å². The lowest BCUT2D eigenvalue weighted by molar-refractivity contribution is -0.131. The van der Waals surface area contributed by atoms with Gasteiger partial charge < -0.3 is 4.90 Å². The lowest BCUT2D eigenvalue weighted by Gasteiger charge is -2.29. The van der Waals surface area contributed by atoms with E-state index in [1.54, 1.807) is 4.52 Å². The van der Waals surface area contributed by atoms with Crippen molar-refractivity contribution in [2.24, 2.45) is 0 Å². The van der Waals surface area contributed by atoms with Gasteiger partial charge in [0.25, 0.3) is 5.78 Å². The third-order valence-electron chi connectivity index (χ3n) is 5.89. The molecular weight excluding hydrogens is 374 g/mol. The van der Waals surface area contributed by atoms with Crippen LogP contribution in [0.3, 0.4) is 0 Å². The molecule has 4 aromatic rings. The van der Waals surface area contributed by atoms with E-state index in [4.69, 9.17) is 0 Å². The fourth-order valence-electron chi connectivity index (χ4n) is 4.15. The smallest absolute Gasteiger partial charge is 0.253 e. The zero-order valence-corrected chi connectivity index (χ0v) is 17.2. The van der Waals surface area contributed by atoms with Crippen LogP contribution in [-0.4, -0.2) is 36.9 Å². The number of nitrogens with zero attached hydrogens (tertiary/aromatic N) is 5. The van der Waals surface area contributed by atoms with Gasteiger partial charge in [-0.15, -0.1) is 5.10 Å². The molecule has 0 unspecified atom stereocenters. The number of carbonyl (C=O) groups is 1. The van der Waals surface area contributed by atoms with Crippen molar-refractivity contribution in [2.45, 2.75) is 33.2 Å². The van der Waals surface area contributed by atoms with Gasteiger partial charge in [-0.1, -0.05) is 54.6 Å². The molecule has 0 bridgehead atoms. The van der Waals surface area contributed by atoms with Gasteiger partial charge in [-0.2, -0.15) is 4.98 Å². The monoisotopic (exact) mass is 397 g/mol. The first kappa shape index (κ1) is 18.5. The Morgan fingerprint density at radius 2 is 1.70 bits per heavy atom. The predicted molar refractivity (Wildman–Crippen MR) is 115 cm³/mol. The summed E-state index contributed by atoms with van der Waals surface area (Å²) < 4.78 is 1.75. The van der Waals surface area contributed by atoms with E-state index in [2.05, 4.69) is 33.3 Å². The van der Waals surface area contributed by atoms with Crippen LogP contribution in [0.4, 0.5) is 0 Å². The maximum atomic E-state index is 13.1. The molecule has 2 aromatic carbocycles. The second kappa shape index (κ2) is 7.37. The molecule has 0 saturated heterocycles. The number of aryl methyl sites for hydroxylation is 2. The zero-order valence-electron chi connectivity index (χ0n) is 17.2. The second-order valence-corrected chi connectivity index (χ2v) is 7.79. The molecule has 1 aliphatic rings. The maximum absolute atomic E-state index is 13.1. The summed E-state index contributed by atoms with van der Waals surface area (Å²) in [7, 11) is 0. The van der Waals surface area contributed by atoms with Crippen molar-refractivity contribution in [3.63, 3.8) is 0 Å². The number of aromatic nitrogens is 4. The summed E-state index contributed by atoms with van der Waals surface area (Å²) in [5.74, 6) is 1.33. The van der Waals surface area contributed by atoms with E-state index in [9.17, 15) is 4.79 Å². The predicted octanol–water partition coefficient (Wildman–Crippen LogP) is 3.54. The van der Waals surface area contributed by atoms with Crippen LogP contribution < -0.4 is 0 Å². The number of hydrogen-bond acceptors (Lipinski definition) is 4. The Balaban J connectivity index is 1.44. The summed E-state index contributed by atoms with van der Waals surface area (Å²) in [6.45, 7) is 5.35. The van der Waals surface area contributed by atoms with Gasteiger partial charge >= 0.3 is 0 Å². The molecule has 0 N–H and O–H groups in total. The normalized spacial score (nSPS) is 13.5. The fraction of sp³-hybridized carbons (Fsp3) is 0.250. The Hall–Kier alpha value is -3.54. The first-order valence-corrected chi connectivity index (χ1v) is 10.2. The number of fused-ring (bicyclic) bond motifs is 2. The van der Waals surface area contributed by atoms with Gasteiger partial charge in [-0.3, -0.25) is 4.79 Å². The lowest BCUT2D eigenvalue weighted by atomic mass is 9.99. The van der Waals surface area contributed by atoms with Crippen LogP contribution in [0.5, 0.6) is 0 Å². The Morgan fingerprint density at radius 3 is 2.50 bits per heavy atom. The van der Waals surface area contributed by atoms with Crippen molar-refractivity contribution in [1.29, 1.82) is 0 Å². The molecule has 1 amide bonds. The van der Waals surface area contributed by atoms with Crippen molar-refractivity contribution in [1.82, 2.24) is 24.5 Å². The first-order valence-electron chi connectivity index (χ1n) is 10.2. The minimum atomic E-state index is 0.125. The van der Waals surface area contributed by atoms with Gasteiger partial charge in [0, 0.05) is 35.6 Å². The highest BCUT2D eigenvalue weighted by atomic mass is 16.2.